The summed E-state index contributed by atoms with van der Waals surface area (Å²) in [5, 5.41) is 3.13. The van der Waals surface area contributed by atoms with E-state index < -0.39 is 48.9 Å². The van der Waals surface area contributed by atoms with E-state index in [4.69, 9.17) is 27.5 Å². The minimum Gasteiger partial charge on any atom is -0.543 e. The van der Waals surface area contributed by atoms with Gasteiger partial charge in [-0.3, -0.25) is 4.79 Å². The molecule has 10 nitrogen and oxygen atoms in total. The number of rotatable bonds is 22. The number of carbonyl (C=O) groups excluding carboxylic acids is 2. The Bertz CT molecular complexity index is 1550. The van der Waals surface area contributed by atoms with Crippen LogP contribution < -0.4 is 5.32 Å². The minimum atomic E-state index is -2.22. The van der Waals surface area contributed by atoms with Gasteiger partial charge in [-0.15, -0.1) is 0 Å². The molecule has 0 radical (unpaired) electrons. The number of likely N-dealkylation sites (tertiary alicyclic amines) is 1. The van der Waals surface area contributed by atoms with E-state index >= 15 is 0 Å². The average molecular weight is 992 g/mol. The number of piperidine rings is 1. The van der Waals surface area contributed by atoms with Crippen molar-refractivity contribution >= 4 is 37.0 Å². The predicted octanol–water partition coefficient (Wildman–Crippen LogP) is 14.5. The zero-order chi connectivity index (χ0) is 49.8. The molecule has 0 aliphatic carbocycles. The SMILES string of the molecule is CCC(O[Si](CC)(CC)CC)C(C)C1CCC(C)(O[Si](CC)(CC)CC)/C=C\C(O[Si](CC)(CC)CC)=C(\C)C2OC(=O)CCCCC(C)C(OC(=O)NCCN3CCCCC3)/C(=C\C2C)O1. The van der Waals surface area contributed by atoms with E-state index in [-0.39, 0.29) is 35.9 Å². The van der Waals surface area contributed by atoms with Crippen molar-refractivity contribution in [3.05, 3.63) is 35.3 Å². The molecule has 67 heavy (non-hydrogen) atoms. The Balaban J connectivity index is 2.39. The van der Waals surface area contributed by atoms with Crippen LogP contribution in [0.1, 0.15) is 168 Å². The fraction of sp³-hybridized carbons (Fsp3) is 0.852. The summed E-state index contributed by atoms with van der Waals surface area (Å²) < 4.78 is 43.3. The number of ether oxygens (including phenoxy) is 3. The van der Waals surface area contributed by atoms with E-state index in [1.807, 2.05) is 0 Å². The highest BCUT2D eigenvalue weighted by Gasteiger charge is 2.42. The van der Waals surface area contributed by atoms with E-state index in [0.717, 1.165) is 105 Å². The van der Waals surface area contributed by atoms with Crippen molar-refractivity contribution in [2.75, 3.05) is 26.2 Å². The Labute approximate surface area is 414 Å². The number of hydrogen-bond acceptors (Lipinski definition) is 9. The first-order valence-corrected chi connectivity index (χ1v) is 35.2. The van der Waals surface area contributed by atoms with Gasteiger partial charge in [-0.25, -0.2) is 4.79 Å². The maximum Gasteiger partial charge on any atom is 0.407 e. The monoisotopic (exact) mass is 991 g/mol. The van der Waals surface area contributed by atoms with Crippen molar-refractivity contribution in [3.8, 4) is 0 Å². The lowest BCUT2D eigenvalue weighted by Gasteiger charge is -2.42. The molecular formula is C54H102N2O8Si3. The van der Waals surface area contributed by atoms with Crippen LogP contribution in [0, 0.1) is 17.8 Å². The molecule has 3 aliphatic rings. The van der Waals surface area contributed by atoms with Crippen molar-refractivity contribution < 1.29 is 37.1 Å². The van der Waals surface area contributed by atoms with Crippen LogP contribution in [0.3, 0.4) is 0 Å². The molecule has 1 fully saturated rings. The number of nitrogens with one attached hydrogen (secondary N) is 1. The number of alkyl carbamates (subject to hydrolysis) is 1. The fourth-order valence-electron chi connectivity index (χ4n) is 11.0. The second-order valence-electron chi connectivity index (χ2n) is 21.0. The first kappa shape index (κ1) is 59.4. The quantitative estimate of drug-likeness (QED) is 0.0839. The number of carbonyl (C=O) groups is 2. The van der Waals surface area contributed by atoms with Gasteiger partial charge < -0.3 is 37.7 Å². The molecule has 2 bridgehead atoms. The molecule has 0 spiro atoms. The summed E-state index contributed by atoms with van der Waals surface area (Å²) in [6.45, 7) is 37.2. The maximum absolute atomic E-state index is 14.1. The lowest BCUT2D eigenvalue weighted by molar-refractivity contribution is -0.149. The number of esters is 1. The van der Waals surface area contributed by atoms with Crippen LogP contribution in [0.15, 0.2) is 35.3 Å². The molecule has 3 rings (SSSR count). The molecule has 1 saturated heterocycles. The molecule has 8 atom stereocenters. The van der Waals surface area contributed by atoms with Gasteiger partial charge in [-0.05, 0) is 138 Å². The number of hydrogen-bond donors (Lipinski definition) is 1. The molecule has 13 heteroatoms. The molecule has 1 N–H and O–H groups in total. The van der Waals surface area contributed by atoms with E-state index in [1.54, 1.807) is 0 Å². The van der Waals surface area contributed by atoms with Crippen molar-refractivity contribution in [1.29, 1.82) is 0 Å². The minimum absolute atomic E-state index is 0.00924. The average Bonchev–Trinajstić information content (AvgIpc) is 3.34. The van der Waals surface area contributed by atoms with Crippen LogP contribution >= 0.6 is 0 Å². The Kier molecular flexibility index (Phi) is 25.5. The van der Waals surface area contributed by atoms with Gasteiger partial charge in [-0.1, -0.05) is 109 Å². The third kappa shape index (κ3) is 17.1. The van der Waals surface area contributed by atoms with E-state index in [9.17, 15) is 9.59 Å². The maximum atomic E-state index is 14.1. The molecule has 388 valence electrons. The number of amides is 1. The Morgan fingerprint density at radius 3 is 1.99 bits per heavy atom. The topological polar surface area (TPSA) is 105 Å². The van der Waals surface area contributed by atoms with Gasteiger partial charge in [0.05, 0.1) is 11.7 Å². The van der Waals surface area contributed by atoms with Gasteiger partial charge in [-0.2, -0.15) is 0 Å². The smallest absolute Gasteiger partial charge is 0.407 e. The third-order valence-corrected chi connectivity index (χ3v) is 30.8. The van der Waals surface area contributed by atoms with E-state index in [1.165, 1.54) is 19.3 Å². The fourth-order valence-corrected chi connectivity index (χ4v) is 19.7. The standard InChI is InChI=1S/C54H102N2O8Si3/c1-16-46(62-65(17-2,18-3)19-4)44(13)47-33-35-54(15,64-67(23-8,24-9)25-10)36-34-48(63-66(20-5,21-6)22-7)45(14)51-43(12)41-49(59-47)52(42(11)31-27-28-32-50(57)60-51)61-53(58)55-37-40-56-38-29-26-30-39-56/h34,36,41-44,46-47,51-52H,16-33,35,37-40H2,1-15H3,(H,55,58)/b36-34-,48-45+,49-41+. The summed E-state index contributed by atoms with van der Waals surface area (Å²) in [4.78, 5) is 30.4. The van der Waals surface area contributed by atoms with Gasteiger partial charge >= 0.3 is 12.1 Å². The van der Waals surface area contributed by atoms with Crippen molar-refractivity contribution in [2.24, 2.45) is 17.8 Å². The van der Waals surface area contributed by atoms with Gasteiger partial charge in [0.25, 0.3) is 0 Å². The van der Waals surface area contributed by atoms with Crippen LogP contribution in [-0.2, 0) is 32.3 Å². The zero-order valence-corrected chi connectivity index (χ0v) is 48.8. The molecule has 3 heterocycles. The van der Waals surface area contributed by atoms with Crippen LogP contribution in [-0.4, -0.2) is 98.1 Å². The molecule has 0 aromatic rings. The van der Waals surface area contributed by atoms with Gasteiger partial charge in [0.2, 0.25) is 8.32 Å². The first-order chi connectivity index (χ1) is 31.9. The van der Waals surface area contributed by atoms with Crippen molar-refractivity contribution in [3.63, 3.8) is 0 Å². The van der Waals surface area contributed by atoms with Crippen LogP contribution in [0.2, 0.25) is 54.4 Å². The number of nitrogens with zero attached hydrogens (tertiary/aromatic N) is 1. The van der Waals surface area contributed by atoms with Crippen molar-refractivity contribution in [2.45, 2.75) is 252 Å². The first-order valence-electron chi connectivity index (χ1n) is 27.6. The van der Waals surface area contributed by atoms with Crippen LogP contribution in [0.4, 0.5) is 4.79 Å². The number of fused-ring (bicyclic) bond motifs is 2. The second kappa shape index (κ2) is 28.8. The summed E-state index contributed by atoms with van der Waals surface area (Å²) in [5.74, 6) is 0.802. The molecule has 8 unspecified atom stereocenters. The lowest BCUT2D eigenvalue weighted by atomic mass is 9.88. The van der Waals surface area contributed by atoms with Gasteiger partial charge in [0.1, 0.15) is 23.7 Å². The number of allylic oxidation sites excluding steroid dienone is 1. The molecular weight excluding hydrogens is 889 g/mol. The molecule has 0 aromatic carbocycles. The predicted molar refractivity (Wildman–Crippen MR) is 286 cm³/mol. The molecule has 3 aliphatic heterocycles. The summed E-state index contributed by atoms with van der Waals surface area (Å²) in [5.41, 5.74) is 0.237. The van der Waals surface area contributed by atoms with Crippen molar-refractivity contribution in [1.82, 2.24) is 10.2 Å². The van der Waals surface area contributed by atoms with E-state index in [0.29, 0.717) is 38.0 Å². The Morgan fingerprint density at radius 1 is 0.821 bits per heavy atom. The summed E-state index contributed by atoms with van der Waals surface area (Å²) in [6, 6.07) is 9.22. The molecule has 0 aromatic heterocycles. The molecule has 1 amide bonds. The highest BCUT2D eigenvalue weighted by atomic mass is 28.4. The summed E-state index contributed by atoms with van der Waals surface area (Å²) in [7, 11) is -6.37. The normalized spacial score (nSPS) is 29.0. The Morgan fingerprint density at radius 2 is 1.42 bits per heavy atom. The largest absolute Gasteiger partial charge is 0.543 e. The zero-order valence-electron chi connectivity index (χ0n) is 45.8. The highest BCUT2D eigenvalue weighted by Crippen LogP contribution is 2.39. The highest BCUT2D eigenvalue weighted by molar-refractivity contribution is 6.74. The van der Waals surface area contributed by atoms with Gasteiger partial charge in [0, 0.05) is 42.8 Å². The Hall–Kier alpha value is -1.91. The summed E-state index contributed by atoms with van der Waals surface area (Å²) >= 11 is 0. The summed E-state index contributed by atoms with van der Waals surface area (Å²) in [6.07, 6.45) is 13.1. The second-order valence-corrected chi connectivity index (χ2v) is 35.1. The lowest BCUT2D eigenvalue weighted by Crippen LogP contribution is -2.47. The third-order valence-electron chi connectivity index (χ3n) is 16.8. The van der Waals surface area contributed by atoms with Crippen LogP contribution in [0.25, 0.3) is 0 Å². The molecule has 0 saturated carbocycles. The van der Waals surface area contributed by atoms with Crippen LogP contribution in [0.5, 0.6) is 0 Å². The van der Waals surface area contributed by atoms with E-state index in [2.05, 4.69) is 132 Å². The van der Waals surface area contributed by atoms with Gasteiger partial charge in [0.15, 0.2) is 22.7 Å².